The molecule has 1 heterocycles. The van der Waals surface area contributed by atoms with E-state index in [0.29, 0.717) is 6.54 Å². The Hall–Kier alpha value is -0.610. The van der Waals surface area contributed by atoms with Crippen LogP contribution in [0, 0.1) is 5.41 Å². The molecule has 1 aliphatic carbocycles. The lowest BCUT2D eigenvalue weighted by Crippen LogP contribution is -2.49. The maximum atomic E-state index is 11.8. The minimum Gasteiger partial charge on any atom is -0.395 e. The Morgan fingerprint density at radius 2 is 2.27 bits per heavy atom. The van der Waals surface area contributed by atoms with E-state index in [9.17, 15) is 9.90 Å². The third-order valence-corrected chi connectivity index (χ3v) is 3.61. The van der Waals surface area contributed by atoms with Crippen LogP contribution in [0.2, 0.25) is 0 Å². The summed E-state index contributed by atoms with van der Waals surface area (Å²) in [6, 6.07) is 0. The molecule has 2 fully saturated rings. The van der Waals surface area contributed by atoms with Gasteiger partial charge in [0.15, 0.2) is 0 Å². The molecule has 0 aromatic heterocycles. The molecule has 0 radical (unpaired) electrons. The number of aliphatic hydroxyl groups is 1. The van der Waals surface area contributed by atoms with E-state index in [0.717, 1.165) is 38.7 Å². The van der Waals surface area contributed by atoms with Gasteiger partial charge >= 0.3 is 0 Å². The second kappa shape index (κ2) is 4.49. The molecule has 0 aromatic rings. The van der Waals surface area contributed by atoms with Gasteiger partial charge in [-0.25, -0.2) is 0 Å². The highest BCUT2D eigenvalue weighted by atomic mass is 16.5. The van der Waals surface area contributed by atoms with Crippen LogP contribution in [0.4, 0.5) is 0 Å². The van der Waals surface area contributed by atoms with Gasteiger partial charge in [0.1, 0.15) is 0 Å². The molecule has 0 spiro atoms. The van der Waals surface area contributed by atoms with Crippen molar-refractivity contribution in [3.8, 4) is 0 Å². The molecule has 4 nitrogen and oxygen atoms in total. The maximum Gasteiger partial charge on any atom is 0.228 e. The molecular formula is C11H19NO3. The number of hydrogen-bond acceptors (Lipinski definition) is 3. The van der Waals surface area contributed by atoms with Gasteiger partial charge < -0.3 is 15.2 Å². The Labute approximate surface area is 90.0 Å². The van der Waals surface area contributed by atoms with Gasteiger partial charge in [-0.15, -0.1) is 0 Å². The molecule has 1 atom stereocenters. The fraction of sp³-hybridized carbons (Fsp3) is 0.909. The molecule has 15 heavy (non-hydrogen) atoms. The van der Waals surface area contributed by atoms with Crippen LogP contribution >= 0.6 is 0 Å². The van der Waals surface area contributed by atoms with E-state index in [2.05, 4.69) is 5.32 Å². The molecule has 1 saturated heterocycles. The van der Waals surface area contributed by atoms with Crippen molar-refractivity contribution in [1.82, 2.24) is 5.32 Å². The average molecular weight is 213 g/mol. The lowest BCUT2D eigenvalue weighted by molar-refractivity contribution is -0.139. The Morgan fingerprint density at radius 1 is 1.47 bits per heavy atom. The molecule has 1 saturated carbocycles. The Morgan fingerprint density at radius 3 is 2.73 bits per heavy atom. The molecule has 1 amide bonds. The molecular weight excluding hydrogens is 194 g/mol. The fourth-order valence-corrected chi connectivity index (χ4v) is 2.26. The van der Waals surface area contributed by atoms with Gasteiger partial charge in [-0.3, -0.25) is 4.79 Å². The average Bonchev–Trinajstić information content (AvgIpc) is 2.66. The Kier molecular flexibility index (Phi) is 3.26. The molecule has 4 heteroatoms. The van der Waals surface area contributed by atoms with Crippen LogP contribution < -0.4 is 5.32 Å². The maximum absolute atomic E-state index is 11.8. The molecule has 2 aliphatic rings. The molecule has 1 unspecified atom stereocenters. The van der Waals surface area contributed by atoms with Gasteiger partial charge in [0, 0.05) is 13.2 Å². The zero-order valence-electron chi connectivity index (χ0n) is 9.00. The van der Waals surface area contributed by atoms with Crippen LogP contribution in [0.5, 0.6) is 0 Å². The molecule has 1 aliphatic heterocycles. The number of hydrogen-bond donors (Lipinski definition) is 2. The van der Waals surface area contributed by atoms with Crippen LogP contribution in [0.1, 0.15) is 32.1 Å². The van der Waals surface area contributed by atoms with Crippen LogP contribution in [0.3, 0.4) is 0 Å². The normalized spacial score (nSPS) is 28.5. The number of ether oxygens (including phenoxy) is 1. The zero-order valence-corrected chi connectivity index (χ0v) is 9.00. The van der Waals surface area contributed by atoms with Gasteiger partial charge in [0.05, 0.1) is 18.1 Å². The monoisotopic (exact) mass is 213 g/mol. The van der Waals surface area contributed by atoms with Crippen molar-refractivity contribution in [3.63, 3.8) is 0 Å². The summed E-state index contributed by atoms with van der Waals surface area (Å²) in [5.41, 5.74) is -0.474. The van der Waals surface area contributed by atoms with Gasteiger partial charge in [-0.2, -0.15) is 0 Å². The SMILES string of the molecule is O=C(NCC1CCCO1)C1(CO)CCC1. The molecule has 86 valence electrons. The first kappa shape index (κ1) is 10.9. The smallest absolute Gasteiger partial charge is 0.228 e. The van der Waals surface area contributed by atoms with Crippen LogP contribution in [-0.2, 0) is 9.53 Å². The summed E-state index contributed by atoms with van der Waals surface area (Å²) in [6.45, 7) is 1.39. The first-order chi connectivity index (χ1) is 7.27. The summed E-state index contributed by atoms with van der Waals surface area (Å²) in [5, 5.41) is 12.1. The van der Waals surface area contributed by atoms with E-state index in [4.69, 9.17) is 4.74 Å². The summed E-state index contributed by atoms with van der Waals surface area (Å²) in [6.07, 6.45) is 5.00. The largest absolute Gasteiger partial charge is 0.395 e. The molecule has 2 N–H and O–H groups in total. The Bertz CT molecular complexity index is 226. The van der Waals surface area contributed by atoms with E-state index in [1.54, 1.807) is 0 Å². The topological polar surface area (TPSA) is 58.6 Å². The first-order valence-corrected chi connectivity index (χ1v) is 5.78. The number of amides is 1. The highest BCUT2D eigenvalue weighted by Crippen LogP contribution is 2.40. The predicted molar refractivity (Wildman–Crippen MR) is 55.4 cm³/mol. The van der Waals surface area contributed by atoms with Gasteiger partial charge in [-0.05, 0) is 25.7 Å². The second-order valence-electron chi connectivity index (χ2n) is 4.64. The number of rotatable bonds is 4. The summed E-state index contributed by atoms with van der Waals surface area (Å²) < 4.78 is 5.42. The first-order valence-electron chi connectivity index (χ1n) is 5.78. The van der Waals surface area contributed by atoms with Crippen LogP contribution in [0.25, 0.3) is 0 Å². The van der Waals surface area contributed by atoms with Crippen molar-refractivity contribution in [1.29, 1.82) is 0 Å². The van der Waals surface area contributed by atoms with Crippen molar-refractivity contribution in [2.75, 3.05) is 19.8 Å². The van der Waals surface area contributed by atoms with E-state index in [1.165, 1.54) is 0 Å². The summed E-state index contributed by atoms with van der Waals surface area (Å²) >= 11 is 0. The lowest BCUT2D eigenvalue weighted by Gasteiger charge is -2.38. The number of carbonyl (C=O) groups is 1. The molecule has 0 aromatic carbocycles. The fourth-order valence-electron chi connectivity index (χ4n) is 2.26. The molecule has 2 rings (SSSR count). The minimum atomic E-state index is -0.474. The van der Waals surface area contributed by atoms with E-state index in [-0.39, 0.29) is 18.6 Å². The van der Waals surface area contributed by atoms with E-state index < -0.39 is 5.41 Å². The Balaban J connectivity index is 1.76. The highest BCUT2D eigenvalue weighted by molar-refractivity contribution is 5.83. The van der Waals surface area contributed by atoms with Crippen molar-refractivity contribution in [2.45, 2.75) is 38.2 Å². The van der Waals surface area contributed by atoms with Crippen molar-refractivity contribution in [3.05, 3.63) is 0 Å². The van der Waals surface area contributed by atoms with Gasteiger partial charge in [0.25, 0.3) is 0 Å². The van der Waals surface area contributed by atoms with Crippen molar-refractivity contribution >= 4 is 5.91 Å². The third-order valence-electron chi connectivity index (χ3n) is 3.61. The molecule has 0 bridgehead atoms. The van der Waals surface area contributed by atoms with Crippen LogP contribution in [0.15, 0.2) is 0 Å². The second-order valence-corrected chi connectivity index (χ2v) is 4.64. The third kappa shape index (κ3) is 2.16. The lowest BCUT2D eigenvalue weighted by atomic mass is 9.68. The highest BCUT2D eigenvalue weighted by Gasteiger charge is 2.43. The van der Waals surface area contributed by atoms with Crippen molar-refractivity contribution < 1.29 is 14.6 Å². The number of carbonyl (C=O) groups excluding carboxylic acids is 1. The van der Waals surface area contributed by atoms with E-state index >= 15 is 0 Å². The standard InChI is InChI=1S/C11H19NO3/c13-8-11(4-2-5-11)10(14)12-7-9-3-1-6-15-9/h9,13H,1-8H2,(H,12,14). The quantitative estimate of drug-likeness (QED) is 0.712. The number of nitrogens with one attached hydrogen (secondary N) is 1. The summed E-state index contributed by atoms with van der Waals surface area (Å²) in [5.74, 6) is 0.00625. The zero-order chi connectivity index (χ0) is 10.7. The van der Waals surface area contributed by atoms with Crippen LogP contribution in [-0.4, -0.2) is 36.9 Å². The predicted octanol–water partition coefficient (Wildman–Crippen LogP) is 0.444. The van der Waals surface area contributed by atoms with Gasteiger partial charge in [-0.1, -0.05) is 6.42 Å². The summed E-state index contributed by atoms with van der Waals surface area (Å²) in [7, 11) is 0. The van der Waals surface area contributed by atoms with E-state index in [1.807, 2.05) is 0 Å². The van der Waals surface area contributed by atoms with Gasteiger partial charge in [0.2, 0.25) is 5.91 Å². The minimum absolute atomic E-state index is 0.00625. The number of aliphatic hydroxyl groups excluding tert-OH is 1. The summed E-state index contributed by atoms with van der Waals surface area (Å²) in [4.78, 5) is 11.8. The van der Waals surface area contributed by atoms with Crippen molar-refractivity contribution in [2.24, 2.45) is 5.41 Å².